The van der Waals surface area contributed by atoms with E-state index in [2.05, 4.69) is 5.32 Å². The Bertz CT molecular complexity index is 745. The summed E-state index contributed by atoms with van der Waals surface area (Å²) in [5.41, 5.74) is 0.468. The van der Waals surface area contributed by atoms with Gasteiger partial charge in [0.15, 0.2) is 0 Å². The molecule has 136 valence electrons. The van der Waals surface area contributed by atoms with Gasteiger partial charge >= 0.3 is 0 Å². The number of sulfonamides is 1. The Morgan fingerprint density at radius 3 is 2.40 bits per heavy atom. The number of piperidine rings is 1. The SMILES string of the molecule is COCCC1(NC(=O)c2ccc(C#N)cc2)CCN(S(C)(=O)=O)CC1. The van der Waals surface area contributed by atoms with E-state index in [4.69, 9.17) is 10.00 Å². The van der Waals surface area contributed by atoms with E-state index in [0.29, 0.717) is 50.1 Å². The lowest BCUT2D eigenvalue weighted by Crippen LogP contribution is -2.56. The van der Waals surface area contributed by atoms with E-state index in [9.17, 15) is 13.2 Å². The van der Waals surface area contributed by atoms with Crippen molar-refractivity contribution in [3.8, 4) is 6.07 Å². The van der Waals surface area contributed by atoms with Gasteiger partial charge in [0.1, 0.15) is 0 Å². The minimum Gasteiger partial charge on any atom is -0.385 e. The van der Waals surface area contributed by atoms with Crippen LogP contribution in [0.25, 0.3) is 0 Å². The lowest BCUT2D eigenvalue weighted by atomic mass is 9.85. The van der Waals surface area contributed by atoms with E-state index in [-0.39, 0.29) is 5.91 Å². The van der Waals surface area contributed by atoms with Crippen LogP contribution in [0.15, 0.2) is 24.3 Å². The van der Waals surface area contributed by atoms with Gasteiger partial charge in [0.05, 0.1) is 17.9 Å². The van der Waals surface area contributed by atoms with Crippen LogP contribution in [0.1, 0.15) is 35.2 Å². The number of nitrogens with one attached hydrogen (secondary N) is 1. The molecular weight excluding hydrogens is 342 g/mol. The van der Waals surface area contributed by atoms with Crippen LogP contribution in [0.4, 0.5) is 0 Å². The number of nitriles is 1. The van der Waals surface area contributed by atoms with Crippen LogP contribution in [0.2, 0.25) is 0 Å². The maximum atomic E-state index is 12.6. The molecule has 7 nitrogen and oxygen atoms in total. The number of ether oxygens (including phenoxy) is 1. The summed E-state index contributed by atoms with van der Waals surface area (Å²) in [7, 11) is -1.63. The third-order valence-corrected chi connectivity index (χ3v) is 5.89. The van der Waals surface area contributed by atoms with Crippen molar-refractivity contribution in [2.24, 2.45) is 0 Å². The second kappa shape index (κ2) is 7.95. The average Bonchev–Trinajstić information content (AvgIpc) is 2.59. The van der Waals surface area contributed by atoms with Gasteiger partial charge in [0.25, 0.3) is 5.91 Å². The molecule has 1 aromatic rings. The molecule has 1 N–H and O–H groups in total. The number of hydrogen-bond acceptors (Lipinski definition) is 5. The maximum Gasteiger partial charge on any atom is 0.251 e. The summed E-state index contributed by atoms with van der Waals surface area (Å²) >= 11 is 0. The number of hydrogen-bond donors (Lipinski definition) is 1. The summed E-state index contributed by atoms with van der Waals surface area (Å²) in [6.07, 6.45) is 2.88. The highest BCUT2D eigenvalue weighted by atomic mass is 32.2. The van der Waals surface area contributed by atoms with E-state index < -0.39 is 15.6 Å². The van der Waals surface area contributed by atoms with Gasteiger partial charge in [-0.3, -0.25) is 4.79 Å². The van der Waals surface area contributed by atoms with Crippen molar-refractivity contribution in [1.29, 1.82) is 5.26 Å². The summed E-state index contributed by atoms with van der Waals surface area (Å²) in [6.45, 7) is 1.22. The van der Waals surface area contributed by atoms with Crippen molar-refractivity contribution >= 4 is 15.9 Å². The number of methoxy groups -OCH3 is 1. The molecule has 1 fully saturated rings. The second-order valence-corrected chi connectivity index (χ2v) is 8.31. The van der Waals surface area contributed by atoms with Crippen molar-refractivity contribution in [2.45, 2.75) is 24.8 Å². The molecule has 1 heterocycles. The lowest BCUT2D eigenvalue weighted by molar-refractivity contribution is 0.0784. The number of nitrogens with zero attached hydrogens (tertiary/aromatic N) is 2. The molecule has 0 unspecified atom stereocenters. The fraction of sp³-hybridized carbons (Fsp3) is 0.529. The van der Waals surface area contributed by atoms with Crippen molar-refractivity contribution in [2.75, 3.05) is 33.1 Å². The Balaban J connectivity index is 2.12. The molecule has 1 amide bonds. The Hall–Kier alpha value is -1.95. The molecule has 0 bridgehead atoms. The summed E-state index contributed by atoms with van der Waals surface area (Å²) in [5, 5.41) is 11.9. The van der Waals surface area contributed by atoms with Crippen LogP contribution >= 0.6 is 0 Å². The molecule has 0 radical (unpaired) electrons. The third kappa shape index (κ3) is 5.01. The molecule has 0 atom stereocenters. The van der Waals surface area contributed by atoms with Crippen LogP contribution in [0.3, 0.4) is 0 Å². The second-order valence-electron chi connectivity index (χ2n) is 6.33. The Kier molecular flexibility index (Phi) is 6.16. The highest BCUT2D eigenvalue weighted by Crippen LogP contribution is 2.27. The summed E-state index contributed by atoms with van der Waals surface area (Å²) in [4.78, 5) is 12.6. The van der Waals surface area contributed by atoms with Gasteiger partial charge in [0, 0.05) is 37.9 Å². The van der Waals surface area contributed by atoms with Crippen LogP contribution in [0.5, 0.6) is 0 Å². The first-order valence-electron chi connectivity index (χ1n) is 8.06. The van der Waals surface area contributed by atoms with E-state index in [1.54, 1.807) is 31.4 Å². The molecule has 1 aliphatic rings. The van der Waals surface area contributed by atoms with Crippen LogP contribution in [-0.4, -0.2) is 57.2 Å². The topological polar surface area (TPSA) is 99.5 Å². The van der Waals surface area contributed by atoms with Gasteiger partial charge in [-0.05, 0) is 43.5 Å². The molecule has 1 aromatic carbocycles. The van der Waals surface area contributed by atoms with Crippen molar-refractivity contribution < 1.29 is 17.9 Å². The van der Waals surface area contributed by atoms with Crippen molar-refractivity contribution in [3.63, 3.8) is 0 Å². The maximum absolute atomic E-state index is 12.6. The number of amides is 1. The molecule has 0 spiro atoms. The van der Waals surface area contributed by atoms with E-state index in [1.165, 1.54) is 10.6 Å². The largest absolute Gasteiger partial charge is 0.385 e. The molecule has 2 rings (SSSR count). The number of rotatable bonds is 6. The molecule has 0 saturated carbocycles. The van der Waals surface area contributed by atoms with E-state index in [1.807, 2.05) is 6.07 Å². The number of carbonyl (C=O) groups excluding carboxylic acids is 1. The first kappa shape index (κ1) is 19.4. The Labute approximate surface area is 148 Å². The predicted molar refractivity (Wildman–Crippen MR) is 93.5 cm³/mol. The minimum atomic E-state index is -3.23. The molecule has 0 aromatic heterocycles. The highest BCUT2D eigenvalue weighted by Gasteiger charge is 2.38. The van der Waals surface area contributed by atoms with Crippen molar-refractivity contribution in [3.05, 3.63) is 35.4 Å². The third-order valence-electron chi connectivity index (χ3n) is 4.59. The zero-order valence-corrected chi connectivity index (χ0v) is 15.3. The van der Waals surface area contributed by atoms with Crippen LogP contribution in [-0.2, 0) is 14.8 Å². The van der Waals surface area contributed by atoms with E-state index >= 15 is 0 Å². The molecule has 25 heavy (non-hydrogen) atoms. The van der Waals surface area contributed by atoms with Crippen molar-refractivity contribution in [1.82, 2.24) is 9.62 Å². The minimum absolute atomic E-state index is 0.228. The zero-order valence-electron chi connectivity index (χ0n) is 14.5. The first-order chi connectivity index (χ1) is 11.8. The van der Waals surface area contributed by atoms with Gasteiger partial charge in [-0.2, -0.15) is 5.26 Å². The lowest BCUT2D eigenvalue weighted by Gasteiger charge is -2.41. The Morgan fingerprint density at radius 2 is 1.92 bits per heavy atom. The highest BCUT2D eigenvalue weighted by molar-refractivity contribution is 7.88. The standard InChI is InChI=1S/C17H23N3O4S/c1-24-12-9-17(7-10-20(11-8-17)25(2,22)23)19-16(21)15-5-3-14(13-18)4-6-15/h3-6H,7-12H2,1-2H3,(H,19,21). The van der Waals surface area contributed by atoms with Gasteiger partial charge in [-0.15, -0.1) is 0 Å². The quantitative estimate of drug-likeness (QED) is 0.814. The molecular formula is C17H23N3O4S. The van der Waals surface area contributed by atoms with E-state index in [0.717, 1.165) is 0 Å². The summed E-state index contributed by atoms with van der Waals surface area (Å²) in [5.74, 6) is -0.228. The normalized spacial score (nSPS) is 17.6. The smallest absolute Gasteiger partial charge is 0.251 e. The van der Waals surface area contributed by atoms with Gasteiger partial charge < -0.3 is 10.1 Å². The molecule has 1 saturated heterocycles. The van der Waals surface area contributed by atoms with Crippen LogP contribution < -0.4 is 5.32 Å². The molecule has 8 heteroatoms. The predicted octanol–water partition coefficient (Wildman–Crippen LogP) is 1.12. The number of benzene rings is 1. The van der Waals surface area contributed by atoms with Gasteiger partial charge in [-0.25, -0.2) is 12.7 Å². The fourth-order valence-electron chi connectivity index (χ4n) is 2.99. The van der Waals surface area contributed by atoms with Gasteiger partial charge in [0.2, 0.25) is 10.0 Å². The monoisotopic (exact) mass is 365 g/mol. The van der Waals surface area contributed by atoms with Gasteiger partial charge in [-0.1, -0.05) is 0 Å². The Morgan fingerprint density at radius 1 is 1.32 bits per heavy atom. The van der Waals surface area contributed by atoms with Crippen LogP contribution in [0, 0.1) is 11.3 Å². The average molecular weight is 365 g/mol. The summed E-state index contributed by atoms with van der Waals surface area (Å²) < 4.78 is 30.0. The molecule has 0 aliphatic carbocycles. The molecule has 1 aliphatic heterocycles. The fourth-order valence-corrected chi connectivity index (χ4v) is 3.84. The first-order valence-corrected chi connectivity index (χ1v) is 9.91. The summed E-state index contributed by atoms with van der Waals surface area (Å²) in [6, 6.07) is 8.45. The number of carbonyl (C=O) groups is 1. The zero-order chi connectivity index (χ0) is 18.5.